The molecule has 0 aliphatic rings. The molecule has 1 nitrogen and oxygen atoms in total. The van der Waals surface area contributed by atoms with Gasteiger partial charge in [-0.15, -0.1) is 0 Å². The average molecular weight is 109 g/mol. The van der Waals surface area contributed by atoms with Gasteiger partial charge < -0.3 is 0 Å². The lowest BCUT2D eigenvalue weighted by atomic mass is 10.4. The molecule has 0 saturated carbocycles. The summed E-state index contributed by atoms with van der Waals surface area (Å²) < 4.78 is 0. The van der Waals surface area contributed by atoms with E-state index in [0.29, 0.717) is 0 Å². The fourth-order valence-corrected chi connectivity index (χ4v) is 0.285. The van der Waals surface area contributed by atoms with Crippen LogP contribution >= 0.6 is 0 Å². The van der Waals surface area contributed by atoms with Gasteiger partial charge in [0, 0.05) is 0 Å². The molecule has 0 spiro atoms. The van der Waals surface area contributed by atoms with Crippen LogP contribution in [0, 0.1) is 0 Å². The first-order valence-corrected chi connectivity index (χ1v) is 2.48. The van der Waals surface area contributed by atoms with Gasteiger partial charge in [-0.2, -0.15) is 0 Å². The Morgan fingerprint density at radius 2 is 1.62 bits per heavy atom. The van der Waals surface area contributed by atoms with E-state index >= 15 is 0 Å². The van der Waals surface area contributed by atoms with Gasteiger partial charge in [0.15, 0.2) is 0 Å². The molecule has 0 unspecified atom stereocenters. The molecule has 0 saturated heterocycles. The van der Waals surface area contributed by atoms with Gasteiger partial charge in [0.05, 0.1) is 0 Å². The van der Waals surface area contributed by atoms with Crippen LogP contribution in [0.15, 0.2) is 36.6 Å². The first-order chi connectivity index (χ1) is 3.91. The first-order valence-electron chi connectivity index (χ1n) is 2.48. The minimum atomic E-state index is 0.750. The van der Waals surface area contributed by atoms with E-state index in [1.165, 1.54) is 6.08 Å². The molecule has 0 aromatic heterocycles. The normalized spacial score (nSPS) is 12.6. The molecule has 0 rings (SSSR count). The molecule has 0 aromatic rings. The first kappa shape index (κ1) is 7.02. The molecule has 1 heteroatoms. The second-order valence-corrected chi connectivity index (χ2v) is 1.24. The fraction of sp³-hybridized carbons (Fsp3) is 0.143. The predicted molar refractivity (Wildman–Crippen MR) is 33.8 cm³/mol. The highest BCUT2D eigenvalue weighted by atomic mass is 16.2. The van der Waals surface area contributed by atoms with E-state index in [1.807, 2.05) is 19.1 Å². The zero-order valence-corrected chi connectivity index (χ0v) is 4.87. The summed E-state index contributed by atoms with van der Waals surface area (Å²) in [6.07, 6.45) is 9.44. The van der Waals surface area contributed by atoms with Crippen LogP contribution < -0.4 is 0 Å². The molecule has 0 N–H and O–H groups in total. The highest BCUT2D eigenvalue weighted by Gasteiger charge is 1.57. The Balaban J connectivity index is 3.35. The third kappa shape index (κ3) is 5.02. The van der Waals surface area contributed by atoms with Crippen LogP contribution in [0.3, 0.4) is 0 Å². The third-order valence-corrected chi connectivity index (χ3v) is 0.604. The summed E-state index contributed by atoms with van der Waals surface area (Å²) in [6.45, 7) is 1.92. The molecular formula is C7H9O. The van der Waals surface area contributed by atoms with Gasteiger partial charge in [-0.25, -0.2) is 0 Å². The van der Waals surface area contributed by atoms with Gasteiger partial charge in [-0.05, 0) is 13.0 Å². The Hall–Kier alpha value is -0.980. The molecule has 0 heterocycles. The van der Waals surface area contributed by atoms with E-state index in [-0.39, 0.29) is 0 Å². The maximum absolute atomic E-state index is 9.64. The summed E-state index contributed by atoms with van der Waals surface area (Å²) in [4.78, 5) is 0. The maximum atomic E-state index is 9.64. The van der Waals surface area contributed by atoms with Gasteiger partial charge in [0.2, 0.25) is 0 Å². The Kier molecular flexibility index (Phi) is 5.28. The lowest BCUT2D eigenvalue weighted by molar-refractivity contribution is 0.352. The molecule has 0 fully saturated rings. The number of rotatable bonds is 2. The highest BCUT2D eigenvalue weighted by molar-refractivity contribution is 5.08. The Bertz CT molecular complexity index is 95.6. The van der Waals surface area contributed by atoms with Crippen LogP contribution in [-0.4, -0.2) is 0 Å². The number of hydrogen-bond donors (Lipinski definition) is 0. The molecule has 0 aliphatic heterocycles. The van der Waals surface area contributed by atoms with Crippen LogP contribution in [0.5, 0.6) is 0 Å². The molecular weight excluding hydrogens is 100 g/mol. The van der Waals surface area contributed by atoms with Crippen molar-refractivity contribution in [2.45, 2.75) is 6.92 Å². The van der Waals surface area contributed by atoms with Crippen molar-refractivity contribution in [1.29, 1.82) is 0 Å². The van der Waals surface area contributed by atoms with Gasteiger partial charge in [0.25, 0.3) is 0 Å². The summed E-state index contributed by atoms with van der Waals surface area (Å²) in [5, 5.41) is 9.64. The monoisotopic (exact) mass is 109 g/mol. The zero-order valence-electron chi connectivity index (χ0n) is 4.87. The Morgan fingerprint density at radius 1 is 1.00 bits per heavy atom. The quantitative estimate of drug-likeness (QED) is 0.382. The van der Waals surface area contributed by atoms with E-state index < -0.39 is 0 Å². The number of allylic oxidation sites excluding steroid dienone is 5. The summed E-state index contributed by atoms with van der Waals surface area (Å²) in [5.41, 5.74) is 0. The molecule has 0 bridgehead atoms. The van der Waals surface area contributed by atoms with Crippen molar-refractivity contribution < 1.29 is 5.11 Å². The summed E-state index contributed by atoms with van der Waals surface area (Å²) in [6, 6.07) is 0. The molecule has 43 valence electrons. The lowest BCUT2D eigenvalue weighted by Crippen LogP contribution is -1.47. The molecule has 0 atom stereocenters. The van der Waals surface area contributed by atoms with Crippen LogP contribution in [0.1, 0.15) is 6.92 Å². The molecule has 0 aromatic carbocycles. The summed E-state index contributed by atoms with van der Waals surface area (Å²) >= 11 is 0. The summed E-state index contributed by atoms with van der Waals surface area (Å²) in [5.74, 6) is 0. The van der Waals surface area contributed by atoms with Crippen LogP contribution in [-0.2, 0) is 5.11 Å². The molecule has 1 radical (unpaired) electrons. The molecule has 0 amide bonds. The van der Waals surface area contributed by atoms with Crippen molar-refractivity contribution in [2.24, 2.45) is 0 Å². The van der Waals surface area contributed by atoms with E-state index in [9.17, 15) is 5.11 Å². The van der Waals surface area contributed by atoms with Crippen molar-refractivity contribution in [3.63, 3.8) is 0 Å². The van der Waals surface area contributed by atoms with Crippen molar-refractivity contribution in [1.82, 2.24) is 0 Å². The lowest BCUT2D eigenvalue weighted by Gasteiger charge is -1.66. The van der Waals surface area contributed by atoms with Gasteiger partial charge in [-0.1, -0.05) is 24.3 Å². The topological polar surface area (TPSA) is 19.9 Å². The van der Waals surface area contributed by atoms with E-state index in [1.54, 1.807) is 12.2 Å². The number of hydrogen-bond acceptors (Lipinski definition) is 0. The minimum Gasteiger partial charge on any atom is -0.299 e. The van der Waals surface area contributed by atoms with E-state index in [0.717, 1.165) is 6.26 Å². The smallest absolute Gasteiger partial charge is 0.142 e. The zero-order chi connectivity index (χ0) is 6.24. The van der Waals surface area contributed by atoms with Crippen LogP contribution in [0.4, 0.5) is 0 Å². The second-order valence-electron chi connectivity index (χ2n) is 1.24. The molecule has 0 aliphatic carbocycles. The standard InChI is InChI=1S/C7H9O/c1-2-3-4-5-6-7-8/h2-7H,1H3/b3-2+,5-4+,7-6+. The van der Waals surface area contributed by atoms with Crippen molar-refractivity contribution in [3.05, 3.63) is 36.6 Å². The fourth-order valence-electron chi connectivity index (χ4n) is 0.285. The largest absolute Gasteiger partial charge is 0.299 e. The van der Waals surface area contributed by atoms with Crippen LogP contribution in [0.25, 0.3) is 0 Å². The van der Waals surface area contributed by atoms with E-state index in [2.05, 4.69) is 0 Å². The second kappa shape index (κ2) is 6.02. The van der Waals surface area contributed by atoms with Gasteiger partial charge >= 0.3 is 0 Å². The van der Waals surface area contributed by atoms with Gasteiger partial charge in [0.1, 0.15) is 6.26 Å². The molecule has 8 heavy (non-hydrogen) atoms. The predicted octanol–water partition coefficient (Wildman–Crippen LogP) is 2.06. The van der Waals surface area contributed by atoms with Crippen molar-refractivity contribution >= 4 is 0 Å². The Morgan fingerprint density at radius 3 is 2.12 bits per heavy atom. The summed E-state index contributed by atoms with van der Waals surface area (Å²) in [7, 11) is 0. The SMILES string of the molecule is C/C=C/C=C/C=C/[O]. The van der Waals surface area contributed by atoms with Crippen molar-refractivity contribution in [2.75, 3.05) is 0 Å². The average Bonchev–Trinajstić information content (AvgIpc) is 1.81. The third-order valence-electron chi connectivity index (χ3n) is 0.604. The van der Waals surface area contributed by atoms with E-state index in [4.69, 9.17) is 0 Å². The Labute approximate surface area is 49.7 Å². The minimum absolute atomic E-state index is 0.750. The van der Waals surface area contributed by atoms with Crippen LogP contribution in [0.2, 0.25) is 0 Å². The van der Waals surface area contributed by atoms with Crippen molar-refractivity contribution in [3.8, 4) is 0 Å². The highest BCUT2D eigenvalue weighted by Crippen LogP contribution is 1.76. The maximum Gasteiger partial charge on any atom is 0.142 e. The van der Waals surface area contributed by atoms with Gasteiger partial charge in [-0.3, -0.25) is 5.11 Å².